The zero-order chi connectivity index (χ0) is 21.7. The van der Waals surface area contributed by atoms with Crippen molar-refractivity contribution in [2.75, 3.05) is 12.9 Å². The Bertz CT molecular complexity index is 793. The minimum Gasteiger partial charge on any atom is -0.357 e. The molecule has 29 heavy (non-hydrogen) atoms. The molecule has 0 spiro atoms. The summed E-state index contributed by atoms with van der Waals surface area (Å²) in [6.07, 6.45) is -0.710. The van der Waals surface area contributed by atoms with E-state index in [1.807, 2.05) is 6.92 Å². The molecular formula is C20H28F3NO4S. The number of hydrogen-bond donors (Lipinski definition) is 1. The number of alkyl halides is 3. The van der Waals surface area contributed by atoms with E-state index in [0.717, 1.165) is 19.1 Å². The minimum absolute atomic E-state index is 0.102. The number of nitrogens with one attached hydrogen (secondary N) is 1. The van der Waals surface area contributed by atoms with E-state index >= 15 is 0 Å². The maximum absolute atomic E-state index is 14.0. The number of hydrogen-bond acceptors (Lipinski definition) is 4. The number of halogens is 3. The predicted molar refractivity (Wildman–Crippen MR) is 103 cm³/mol. The van der Waals surface area contributed by atoms with Gasteiger partial charge in [0, 0.05) is 19.4 Å². The van der Waals surface area contributed by atoms with Gasteiger partial charge in [0.05, 0.1) is 4.90 Å². The van der Waals surface area contributed by atoms with Gasteiger partial charge < -0.3 is 10.1 Å². The van der Waals surface area contributed by atoms with E-state index in [-0.39, 0.29) is 30.4 Å². The van der Waals surface area contributed by atoms with Gasteiger partial charge >= 0.3 is 6.18 Å². The standard InChI is InChI=1S/C20H28F3NO4S/c1-3-4-6-15-7-5-12-28-19(13-15,20(21,22)23)18(25)24-14-16-8-10-17(11-9-16)29(2,26)27/h8-11,15H,3-7,12-14H2,1-2H3,(H,24,25)/t15-,19+/m1/s1. The van der Waals surface area contributed by atoms with E-state index in [0.29, 0.717) is 24.8 Å². The van der Waals surface area contributed by atoms with Gasteiger partial charge in [-0.1, -0.05) is 38.3 Å². The second-order valence-electron chi connectivity index (χ2n) is 7.63. The lowest BCUT2D eigenvalue weighted by Crippen LogP contribution is -2.59. The van der Waals surface area contributed by atoms with Gasteiger partial charge in [-0.2, -0.15) is 13.2 Å². The molecule has 2 rings (SSSR count). The summed E-state index contributed by atoms with van der Waals surface area (Å²) in [5.41, 5.74) is -2.35. The summed E-state index contributed by atoms with van der Waals surface area (Å²) in [4.78, 5) is 12.8. The summed E-state index contributed by atoms with van der Waals surface area (Å²) in [5, 5.41) is 2.35. The average Bonchev–Trinajstić information content (AvgIpc) is 2.87. The molecule has 1 aromatic carbocycles. The molecule has 0 radical (unpaired) electrons. The normalized spacial score (nSPS) is 23.4. The van der Waals surface area contributed by atoms with E-state index in [4.69, 9.17) is 4.74 Å². The number of carbonyl (C=O) groups excluding carboxylic acids is 1. The molecule has 0 bridgehead atoms. The first kappa shape index (κ1) is 23.7. The molecule has 1 N–H and O–H groups in total. The first-order valence-electron chi connectivity index (χ1n) is 9.77. The summed E-state index contributed by atoms with van der Waals surface area (Å²) >= 11 is 0. The summed E-state index contributed by atoms with van der Waals surface area (Å²) in [6, 6.07) is 5.66. The van der Waals surface area contributed by atoms with Crippen molar-refractivity contribution in [3.8, 4) is 0 Å². The van der Waals surface area contributed by atoms with Crippen molar-refractivity contribution in [1.82, 2.24) is 5.32 Å². The quantitative estimate of drug-likeness (QED) is 0.702. The average molecular weight is 436 g/mol. The van der Waals surface area contributed by atoms with E-state index in [1.54, 1.807) is 0 Å². The Labute approximate surface area is 169 Å². The second-order valence-corrected chi connectivity index (χ2v) is 9.64. The molecule has 1 fully saturated rings. The van der Waals surface area contributed by atoms with Crippen LogP contribution in [0.25, 0.3) is 0 Å². The van der Waals surface area contributed by atoms with Crippen LogP contribution in [-0.4, -0.2) is 39.0 Å². The Morgan fingerprint density at radius 1 is 1.28 bits per heavy atom. The van der Waals surface area contributed by atoms with Crippen molar-refractivity contribution >= 4 is 15.7 Å². The number of sulfone groups is 1. The minimum atomic E-state index is -4.83. The molecule has 0 saturated carbocycles. The van der Waals surface area contributed by atoms with Crippen molar-refractivity contribution < 1.29 is 31.1 Å². The van der Waals surface area contributed by atoms with Crippen molar-refractivity contribution in [2.24, 2.45) is 5.92 Å². The SMILES string of the molecule is CCCC[C@@H]1CCCO[C@@](C(=O)NCc2ccc(S(C)(=O)=O)cc2)(C(F)(F)F)C1. The molecule has 2 atom stereocenters. The molecule has 164 valence electrons. The maximum Gasteiger partial charge on any atom is 0.426 e. The molecular weight excluding hydrogens is 407 g/mol. The lowest BCUT2D eigenvalue weighted by Gasteiger charge is -2.35. The van der Waals surface area contributed by atoms with Gasteiger partial charge in [0.25, 0.3) is 5.91 Å². The Hall–Kier alpha value is -1.61. The third kappa shape index (κ3) is 5.94. The van der Waals surface area contributed by atoms with Gasteiger partial charge in [0.2, 0.25) is 5.60 Å². The Morgan fingerprint density at radius 2 is 1.93 bits per heavy atom. The van der Waals surface area contributed by atoms with Crippen LogP contribution in [0.3, 0.4) is 0 Å². The fraction of sp³-hybridized carbons (Fsp3) is 0.650. The van der Waals surface area contributed by atoms with Crippen molar-refractivity contribution in [2.45, 2.75) is 68.7 Å². The Kier molecular flexibility index (Phi) is 7.73. The van der Waals surface area contributed by atoms with Crippen LogP contribution in [0, 0.1) is 5.92 Å². The summed E-state index contributed by atoms with van der Waals surface area (Å²) in [6.45, 7) is 1.72. The van der Waals surface area contributed by atoms with Gasteiger partial charge in [-0.3, -0.25) is 4.79 Å². The highest BCUT2D eigenvalue weighted by Crippen LogP contribution is 2.43. The molecule has 1 aromatic rings. The van der Waals surface area contributed by atoms with Gasteiger partial charge in [0.1, 0.15) is 0 Å². The summed E-state index contributed by atoms with van der Waals surface area (Å²) < 4.78 is 70.1. The van der Waals surface area contributed by atoms with Crippen molar-refractivity contribution in [1.29, 1.82) is 0 Å². The topological polar surface area (TPSA) is 72.5 Å². The number of benzene rings is 1. The highest BCUT2D eigenvalue weighted by molar-refractivity contribution is 7.90. The molecule has 1 amide bonds. The number of amides is 1. The second kappa shape index (κ2) is 9.47. The molecule has 1 heterocycles. The van der Waals surface area contributed by atoms with Crippen LogP contribution >= 0.6 is 0 Å². The Balaban J connectivity index is 2.16. The molecule has 5 nitrogen and oxygen atoms in total. The third-order valence-electron chi connectivity index (χ3n) is 5.28. The third-order valence-corrected chi connectivity index (χ3v) is 6.40. The number of unbranched alkanes of at least 4 members (excludes halogenated alkanes) is 1. The van der Waals surface area contributed by atoms with Gasteiger partial charge in [0.15, 0.2) is 9.84 Å². The zero-order valence-electron chi connectivity index (χ0n) is 16.7. The van der Waals surface area contributed by atoms with Crippen LogP contribution in [0.5, 0.6) is 0 Å². The summed E-state index contributed by atoms with van der Waals surface area (Å²) in [7, 11) is -3.37. The van der Waals surface area contributed by atoms with Gasteiger partial charge in [-0.15, -0.1) is 0 Å². The number of ether oxygens (including phenoxy) is 1. The number of rotatable bonds is 7. The van der Waals surface area contributed by atoms with E-state index < -0.39 is 27.5 Å². The first-order valence-corrected chi connectivity index (χ1v) is 11.7. The lowest BCUT2D eigenvalue weighted by atomic mass is 9.84. The number of carbonyl (C=O) groups is 1. The molecule has 1 aliphatic rings. The van der Waals surface area contributed by atoms with Crippen LogP contribution in [-0.2, 0) is 25.9 Å². The van der Waals surface area contributed by atoms with Crippen LogP contribution < -0.4 is 5.32 Å². The van der Waals surface area contributed by atoms with Crippen LogP contribution in [0.2, 0.25) is 0 Å². The van der Waals surface area contributed by atoms with Gasteiger partial charge in [-0.25, -0.2) is 8.42 Å². The predicted octanol–water partition coefficient (Wildman–Crippen LogP) is 4.01. The molecule has 1 saturated heterocycles. The molecule has 0 aliphatic carbocycles. The molecule has 0 aromatic heterocycles. The highest BCUT2D eigenvalue weighted by atomic mass is 32.2. The lowest BCUT2D eigenvalue weighted by molar-refractivity contribution is -0.269. The highest BCUT2D eigenvalue weighted by Gasteiger charge is 2.62. The van der Waals surface area contributed by atoms with Crippen LogP contribution in [0.15, 0.2) is 29.2 Å². The van der Waals surface area contributed by atoms with E-state index in [1.165, 1.54) is 24.3 Å². The monoisotopic (exact) mass is 435 g/mol. The van der Waals surface area contributed by atoms with Crippen LogP contribution in [0.4, 0.5) is 13.2 Å². The van der Waals surface area contributed by atoms with Crippen molar-refractivity contribution in [3.63, 3.8) is 0 Å². The largest absolute Gasteiger partial charge is 0.426 e. The maximum atomic E-state index is 14.0. The molecule has 1 aliphatic heterocycles. The molecule has 9 heteroatoms. The van der Waals surface area contributed by atoms with Crippen molar-refractivity contribution in [3.05, 3.63) is 29.8 Å². The zero-order valence-corrected chi connectivity index (χ0v) is 17.5. The fourth-order valence-corrected chi connectivity index (χ4v) is 4.22. The van der Waals surface area contributed by atoms with Crippen LogP contribution in [0.1, 0.15) is 51.0 Å². The fourth-order valence-electron chi connectivity index (χ4n) is 3.59. The Morgan fingerprint density at radius 3 is 2.48 bits per heavy atom. The first-order chi connectivity index (χ1) is 13.5. The summed E-state index contributed by atoms with van der Waals surface area (Å²) in [5.74, 6) is -1.42. The van der Waals surface area contributed by atoms with E-state index in [9.17, 15) is 26.4 Å². The molecule has 0 unspecified atom stereocenters. The van der Waals surface area contributed by atoms with Gasteiger partial charge in [-0.05, 0) is 42.9 Å². The smallest absolute Gasteiger partial charge is 0.357 e. The van der Waals surface area contributed by atoms with E-state index in [2.05, 4.69) is 5.32 Å².